The first-order valence-electron chi connectivity index (χ1n) is 6.13. The Kier molecular flexibility index (Phi) is 5.27. The van der Waals surface area contributed by atoms with Crippen LogP contribution in [-0.2, 0) is 11.3 Å². The summed E-state index contributed by atoms with van der Waals surface area (Å²) in [5.74, 6) is -1.34. The van der Waals surface area contributed by atoms with E-state index in [-0.39, 0.29) is 24.7 Å². The number of carbonyl (C=O) groups excluding carboxylic acids is 1. The monoisotopic (exact) mass is 355 g/mol. The number of ether oxygens (including phenoxy) is 1. The van der Waals surface area contributed by atoms with Gasteiger partial charge in [0.15, 0.2) is 18.2 Å². The van der Waals surface area contributed by atoms with Gasteiger partial charge in [-0.15, -0.1) is 0 Å². The predicted octanol–water partition coefficient (Wildman–Crippen LogP) is 3.42. The summed E-state index contributed by atoms with van der Waals surface area (Å²) >= 11 is 3.13. The van der Waals surface area contributed by atoms with Crippen LogP contribution in [0.15, 0.2) is 46.9 Å². The molecule has 6 heteroatoms. The van der Waals surface area contributed by atoms with Crippen LogP contribution < -0.4 is 10.1 Å². The number of halogens is 3. The molecule has 2 aromatic carbocycles. The molecule has 0 atom stereocenters. The summed E-state index contributed by atoms with van der Waals surface area (Å²) in [6, 6.07) is 10.2. The number of carbonyl (C=O) groups is 1. The van der Waals surface area contributed by atoms with Gasteiger partial charge in [-0.25, -0.2) is 8.78 Å². The first kappa shape index (κ1) is 15.4. The molecule has 21 heavy (non-hydrogen) atoms. The van der Waals surface area contributed by atoms with Crippen molar-refractivity contribution in [2.75, 3.05) is 6.61 Å². The molecule has 0 aliphatic carbocycles. The second-order valence-corrected chi connectivity index (χ2v) is 5.19. The minimum absolute atomic E-state index is 0.000828. The van der Waals surface area contributed by atoms with Crippen molar-refractivity contribution < 1.29 is 18.3 Å². The lowest BCUT2D eigenvalue weighted by molar-refractivity contribution is -0.123. The van der Waals surface area contributed by atoms with Gasteiger partial charge < -0.3 is 10.1 Å². The summed E-state index contributed by atoms with van der Waals surface area (Å²) < 4.78 is 32.1. The largest absolute Gasteiger partial charge is 0.481 e. The van der Waals surface area contributed by atoms with Gasteiger partial charge in [0.1, 0.15) is 5.82 Å². The SMILES string of the molecule is O=C(COc1ccc(Br)cc1F)NCc1cccc(F)c1. The second-order valence-electron chi connectivity index (χ2n) is 4.27. The van der Waals surface area contributed by atoms with Gasteiger partial charge in [0.25, 0.3) is 5.91 Å². The predicted molar refractivity (Wildman–Crippen MR) is 77.8 cm³/mol. The maximum atomic E-state index is 13.5. The maximum absolute atomic E-state index is 13.5. The van der Waals surface area contributed by atoms with Gasteiger partial charge in [-0.2, -0.15) is 0 Å². The average Bonchev–Trinajstić information content (AvgIpc) is 2.44. The Labute approximate surface area is 129 Å². The topological polar surface area (TPSA) is 38.3 Å². The van der Waals surface area contributed by atoms with E-state index in [1.54, 1.807) is 18.2 Å². The highest BCUT2D eigenvalue weighted by atomic mass is 79.9. The second kappa shape index (κ2) is 7.17. The van der Waals surface area contributed by atoms with E-state index in [0.717, 1.165) is 0 Å². The van der Waals surface area contributed by atoms with Crippen molar-refractivity contribution in [1.29, 1.82) is 0 Å². The Morgan fingerprint density at radius 3 is 2.71 bits per heavy atom. The van der Waals surface area contributed by atoms with Gasteiger partial charge in [0.05, 0.1) is 0 Å². The molecule has 2 aromatic rings. The van der Waals surface area contributed by atoms with E-state index in [1.165, 1.54) is 24.3 Å². The number of hydrogen-bond acceptors (Lipinski definition) is 2. The number of hydrogen-bond donors (Lipinski definition) is 1. The third-order valence-corrected chi connectivity index (χ3v) is 3.12. The van der Waals surface area contributed by atoms with Gasteiger partial charge in [0, 0.05) is 11.0 Å². The van der Waals surface area contributed by atoms with Crippen LogP contribution in [-0.4, -0.2) is 12.5 Å². The molecule has 0 saturated carbocycles. The maximum Gasteiger partial charge on any atom is 0.258 e. The van der Waals surface area contributed by atoms with Crippen LogP contribution in [0, 0.1) is 11.6 Å². The molecule has 0 heterocycles. The molecule has 1 N–H and O–H groups in total. The quantitative estimate of drug-likeness (QED) is 0.892. The van der Waals surface area contributed by atoms with Crippen molar-refractivity contribution in [3.8, 4) is 5.75 Å². The Morgan fingerprint density at radius 1 is 1.19 bits per heavy atom. The average molecular weight is 356 g/mol. The molecule has 0 aliphatic heterocycles. The molecule has 0 fully saturated rings. The highest BCUT2D eigenvalue weighted by Gasteiger charge is 2.07. The summed E-state index contributed by atoms with van der Waals surface area (Å²) in [5.41, 5.74) is 0.637. The minimum Gasteiger partial charge on any atom is -0.481 e. The molecule has 0 saturated heterocycles. The molecule has 2 rings (SSSR count). The first-order chi connectivity index (χ1) is 10.0. The lowest BCUT2D eigenvalue weighted by atomic mass is 10.2. The molecular formula is C15H12BrF2NO2. The van der Waals surface area contributed by atoms with E-state index < -0.39 is 11.7 Å². The van der Waals surface area contributed by atoms with E-state index in [2.05, 4.69) is 21.2 Å². The fourth-order valence-corrected chi connectivity index (χ4v) is 1.97. The molecular weight excluding hydrogens is 344 g/mol. The van der Waals surface area contributed by atoms with Crippen molar-refractivity contribution in [1.82, 2.24) is 5.32 Å². The fraction of sp³-hybridized carbons (Fsp3) is 0.133. The van der Waals surface area contributed by atoms with Crippen LogP contribution in [0.1, 0.15) is 5.56 Å². The Morgan fingerprint density at radius 2 is 2.00 bits per heavy atom. The molecule has 0 unspecified atom stereocenters. The third-order valence-electron chi connectivity index (χ3n) is 2.63. The van der Waals surface area contributed by atoms with Crippen molar-refractivity contribution in [3.05, 3.63) is 64.1 Å². The Balaban J connectivity index is 1.82. The van der Waals surface area contributed by atoms with E-state index in [4.69, 9.17) is 4.74 Å². The van der Waals surface area contributed by atoms with Crippen molar-refractivity contribution in [3.63, 3.8) is 0 Å². The van der Waals surface area contributed by atoms with Gasteiger partial charge in [-0.1, -0.05) is 28.1 Å². The smallest absolute Gasteiger partial charge is 0.258 e. The van der Waals surface area contributed by atoms with Crippen molar-refractivity contribution >= 4 is 21.8 Å². The molecule has 0 bridgehead atoms. The summed E-state index contributed by atoms with van der Waals surface area (Å²) in [6.45, 7) is -0.128. The summed E-state index contributed by atoms with van der Waals surface area (Å²) in [4.78, 5) is 11.6. The van der Waals surface area contributed by atoms with E-state index >= 15 is 0 Å². The molecule has 110 valence electrons. The summed E-state index contributed by atoms with van der Waals surface area (Å²) in [6.07, 6.45) is 0. The van der Waals surface area contributed by atoms with Gasteiger partial charge in [-0.05, 0) is 35.9 Å². The van der Waals surface area contributed by atoms with Crippen molar-refractivity contribution in [2.24, 2.45) is 0 Å². The minimum atomic E-state index is -0.553. The van der Waals surface area contributed by atoms with E-state index in [9.17, 15) is 13.6 Å². The lowest BCUT2D eigenvalue weighted by Crippen LogP contribution is -2.28. The zero-order valence-corrected chi connectivity index (χ0v) is 12.5. The molecule has 0 aromatic heterocycles. The zero-order valence-electron chi connectivity index (χ0n) is 10.9. The lowest BCUT2D eigenvalue weighted by Gasteiger charge is -2.08. The number of nitrogens with one attached hydrogen (secondary N) is 1. The van der Waals surface area contributed by atoms with Crippen LogP contribution >= 0.6 is 15.9 Å². The standard InChI is InChI=1S/C15H12BrF2NO2/c16-11-4-5-14(13(18)7-11)21-9-15(20)19-8-10-2-1-3-12(17)6-10/h1-7H,8-9H2,(H,19,20). The molecule has 0 aliphatic rings. The number of amides is 1. The molecule has 3 nitrogen and oxygen atoms in total. The van der Waals surface area contributed by atoms with Crippen molar-refractivity contribution in [2.45, 2.75) is 6.54 Å². The molecule has 0 spiro atoms. The highest BCUT2D eigenvalue weighted by molar-refractivity contribution is 9.10. The highest BCUT2D eigenvalue weighted by Crippen LogP contribution is 2.21. The summed E-state index contributed by atoms with van der Waals surface area (Å²) in [7, 11) is 0. The van der Waals surface area contributed by atoms with E-state index in [0.29, 0.717) is 10.0 Å². The van der Waals surface area contributed by atoms with E-state index in [1.807, 2.05) is 0 Å². The van der Waals surface area contributed by atoms with Crippen LogP contribution in [0.5, 0.6) is 5.75 Å². The van der Waals surface area contributed by atoms with Gasteiger partial charge >= 0.3 is 0 Å². The third kappa shape index (κ3) is 4.82. The molecule has 0 radical (unpaired) electrons. The first-order valence-corrected chi connectivity index (χ1v) is 6.93. The summed E-state index contributed by atoms with van der Waals surface area (Å²) in [5, 5.41) is 2.56. The Hall–Kier alpha value is -1.95. The Bertz CT molecular complexity index is 649. The van der Waals surface area contributed by atoms with Gasteiger partial charge in [0.2, 0.25) is 0 Å². The van der Waals surface area contributed by atoms with Crippen LogP contribution in [0.3, 0.4) is 0 Å². The van der Waals surface area contributed by atoms with Gasteiger partial charge in [-0.3, -0.25) is 4.79 Å². The van der Waals surface area contributed by atoms with Crippen LogP contribution in [0.25, 0.3) is 0 Å². The normalized spacial score (nSPS) is 10.2. The number of benzene rings is 2. The number of rotatable bonds is 5. The van der Waals surface area contributed by atoms with Crippen LogP contribution in [0.4, 0.5) is 8.78 Å². The fourth-order valence-electron chi connectivity index (χ4n) is 1.63. The molecule has 1 amide bonds. The zero-order chi connectivity index (χ0) is 15.2. The van der Waals surface area contributed by atoms with Crippen LogP contribution in [0.2, 0.25) is 0 Å².